The quantitative estimate of drug-likeness (QED) is 0.460. The third-order valence-electron chi connectivity index (χ3n) is 5.92. The highest BCUT2D eigenvalue weighted by Crippen LogP contribution is 2.38. The van der Waals surface area contributed by atoms with E-state index in [2.05, 4.69) is 25.2 Å². The number of nitro groups is 1. The highest BCUT2D eigenvalue weighted by atomic mass is 16.6. The molecule has 4 heterocycles. The lowest BCUT2D eigenvalue weighted by atomic mass is 9.74. The maximum absolute atomic E-state index is 12.7. The predicted octanol–water partition coefficient (Wildman–Crippen LogP) is 1.53. The van der Waals surface area contributed by atoms with Crippen molar-refractivity contribution in [3.05, 3.63) is 75.8 Å². The van der Waals surface area contributed by atoms with Crippen molar-refractivity contribution in [2.24, 2.45) is 10.5 Å². The fourth-order valence-corrected chi connectivity index (χ4v) is 4.96. The van der Waals surface area contributed by atoms with Crippen LogP contribution < -0.4 is 5.43 Å². The number of nitro benzene ring substituents is 1. The highest BCUT2D eigenvalue weighted by molar-refractivity contribution is 6.06. The summed E-state index contributed by atoms with van der Waals surface area (Å²) in [6.07, 6.45) is 0. The smallest absolute Gasteiger partial charge is 0.271 e. The van der Waals surface area contributed by atoms with Gasteiger partial charge in [-0.1, -0.05) is 36.4 Å². The molecule has 30 heavy (non-hydrogen) atoms. The van der Waals surface area contributed by atoms with E-state index in [9.17, 15) is 14.9 Å². The van der Waals surface area contributed by atoms with Gasteiger partial charge in [0.25, 0.3) is 11.6 Å². The number of benzene rings is 2. The van der Waals surface area contributed by atoms with Crippen molar-refractivity contribution in [3.63, 3.8) is 0 Å². The molecule has 4 aliphatic rings. The molecule has 0 aromatic heterocycles. The van der Waals surface area contributed by atoms with E-state index in [-0.39, 0.29) is 16.7 Å². The Kier molecular flexibility index (Phi) is 4.58. The Morgan fingerprint density at radius 1 is 0.933 bits per heavy atom. The number of carbonyl (C=O) groups is 1. The third-order valence-corrected chi connectivity index (χ3v) is 5.92. The Morgan fingerprint density at radius 2 is 1.53 bits per heavy atom. The number of nitrogens with zero attached hydrogens (tertiary/aromatic N) is 5. The molecule has 1 N–H and O–H groups in total. The molecule has 2 aromatic rings. The topological polar surface area (TPSA) is 94.3 Å². The van der Waals surface area contributed by atoms with Gasteiger partial charge >= 0.3 is 0 Å². The van der Waals surface area contributed by atoms with Crippen LogP contribution in [0.15, 0.2) is 59.7 Å². The maximum Gasteiger partial charge on any atom is 0.271 e. The number of carbonyl (C=O) groups excluding carboxylic acids is 1. The number of non-ortho nitro benzene ring substituents is 1. The van der Waals surface area contributed by atoms with Crippen molar-refractivity contribution in [2.75, 3.05) is 39.6 Å². The zero-order valence-electron chi connectivity index (χ0n) is 16.4. The Morgan fingerprint density at radius 3 is 2.13 bits per heavy atom. The molecule has 4 fully saturated rings. The lowest BCUT2D eigenvalue weighted by Crippen LogP contribution is -2.74. The van der Waals surface area contributed by atoms with E-state index in [0.29, 0.717) is 0 Å². The Hall–Kier alpha value is -3.14. The molecule has 0 saturated carbocycles. The van der Waals surface area contributed by atoms with Crippen molar-refractivity contribution >= 4 is 17.3 Å². The summed E-state index contributed by atoms with van der Waals surface area (Å²) in [7, 11) is 0. The predicted molar refractivity (Wildman–Crippen MR) is 111 cm³/mol. The molecule has 9 nitrogen and oxygen atoms in total. The number of nitrogens with one attached hydrogen (secondary N) is 1. The summed E-state index contributed by atoms with van der Waals surface area (Å²) >= 11 is 0. The molecular formula is C21H22N6O3. The number of hydrogen-bond acceptors (Lipinski definition) is 7. The van der Waals surface area contributed by atoms with Crippen LogP contribution in [0.4, 0.5) is 5.69 Å². The molecule has 0 unspecified atom stereocenters. The van der Waals surface area contributed by atoms with Crippen LogP contribution in [-0.2, 0) is 0 Å². The number of amides is 1. The summed E-state index contributed by atoms with van der Waals surface area (Å²) < 4.78 is 0. The summed E-state index contributed by atoms with van der Waals surface area (Å²) in [5.74, 6) is -0.460. The summed E-state index contributed by atoms with van der Waals surface area (Å²) in [6.45, 7) is 5.54. The second-order valence-electron chi connectivity index (χ2n) is 8.27. The van der Waals surface area contributed by atoms with E-state index in [1.165, 1.54) is 18.2 Å². The second-order valence-corrected chi connectivity index (χ2v) is 8.27. The van der Waals surface area contributed by atoms with Crippen LogP contribution in [0.25, 0.3) is 0 Å². The molecule has 9 heteroatoms. The summed E-state index contributed by atoms with van der Waals surface area (Å²) in [5, 5.41) is 15.6. The Balaban J connectivity index is 1.47. The van der Waals surface area contributed by atoms with Crippen LogP contribution in [-0.4, -0.2) is 70.9 Å². The Bertz CT molecular complexity index is 987. The van der Waals surface area contributed by atoms with Crippen molar-refractivity contribution in [1.82, 2.24) is 20.1 Å². The van der Waals surface area contributed by atoms with Crippen LogP contribution in [0.2, 0.25) is 0 Å². The monoisotopic (exact) mass is 406 g/mol. The van der Waals surface area contributed by atoms with Gasteiger partial charge in [-0.3, -0.25) is 29.6 Å². The van der Waals surface area contributed by atoms with Gasteiger partial charge in [0.15, 0.2) is 0 Å². The molecule has 2 aromatic carbocycles. The molecular weight excluding hydrogens is 384 g/mol. The van der Waals surface area contributed by atoms with Gasteiger partial charge in [0, 0.05) is 37.3 Å². The lowest BCUT2D eigenvalue weighted by Gasteiger charge is -2.60. The summed E-state index contributed by atoms with van der Waals surface area (Å²) in [4.78, 5) is 30.4. The first-order valence-electron chi connectivity index (χ1n) is 9.88. The van der Waals surface area contributed by atoms with Crippen LogP contribution in [0, 0.1) is 15.5 Å². The minimum atomic E-state index is -0.512. The first kappa shape index (κ1) is 18.9. The third kappa shape index (κ3) is 3.36. The van der Waals surface area contributed by atoms with E-state index >= 15 is 0 Å². The molecule has 4 saturated heterocycles. The second kappa shape index (κ2) is 7.28. The molecule has 0 aliphatic carbocycles. The fraction of sp³-hybridized carbons (Fsp3) is 0.333. The zero-order valence-corrected chi connectivity index (χ0v) is 16.4. The average Bonchev–Trinajstić information content (AvgIpc) is 2.73. The summed E-state index contributed by atoms with van der Waals surface area (Å²) in [6, 6.07) is 15.6. The summed E-state index contributed by atoms with van der Waals surface area (Å²) in [5.41, 5.74) is 4.37. The minimum Gasteiger partial charge on any atom is -0.276 e. The van der Waals surface area contributed by atoms with Crippen molar-refractivity contribution in [1.29, 1.82) is 0 Å². The van der Waals surface area contributed by atoms with Crippen LogP contribution in [0.1, 0.15) is 15.9 Å². The largest absolute Gasteiger partial charge is 0.276 e. The van der Waals surface area contributed by atoms with Gasteiger partial charge in [-0.25, -0.2) is 5.43 Å². The van der Waals surface area contributed by atoms with Gasteiger partial charge < -0.3 is 0 Å². The molecule has 0 radical (unpaired) electrons. The lowest BCUT2D eigenvalue weighted by molar-refractivity contribution is -0.384. The SMILES string of the molecule is O=C(NN=C(c1ccccc1)C12CN3CN(CN(C3)C1)C2)c1cccc([N+](=O)[O-])c1. The molecule has 0 spiro atoms. The van der Waals surface area contributed by atoms with Gasteiger partial charge in [-0.05, 0) is 11.6 Å². The average molecular weight is 406 g/mol. The number of hydrazone groups is 1. The molecule has 1 amide bonds. The van der Waals surface area contributed by atoms with E-state index in [1.54, 1.807) is 6.07 Å². The first-order valence-corrected chi connectivity index (χ1v) is 9.88. The van der Waals surface area contributed by atoms with Gasteiger partial charge in [0.1, 0.15) is 0 Å². The maximum atomic E-state index is 12.7. The van der Waals surface area contributed by atoms with Crippen LogP contribution in [0.3, 0.4) is 0 Å². The number of rotatable bonds is 5. The zero-order chi connectivity index (χ0) is 20.7. The van der Waals surface area contributed by atoms with Gasteiger partial charge in [-0.2, -0.15) is 5.10 Å². The van der Waals surface area contributed by atoms with Crippen molar-refractivity contribution < 1.29 is 9.72 Å². The standard InChI is InChI=1S/C21H22N6O3/c28-20(17-7-4-8-18(9-17)27(29)30)23-22-19(16-5-2-1-3-6-16)21-10-24-13-25(11-21)15-26(12-21)14-24/h1-9H,10-15H2,(H,23,28). The van der Waals surface area contributed by atoms with Crippen molar-refractivity contribution in [3.8, 4) is 0 Å². The molecule has 0 atom stereocenters. The minimum absolute atomic E-state index is 0.121. The highest BCUT2D eigenvalue weighted by Gasteiger charge is 2.51. The fourth-order valence-electron chi connectivity index (χ4n) is 4.96. The number of hydrogen-bond donors (Lipinski definition) is 1. The van der Waals surface area contributed by atoms with Crippen LogP contribution >= 0.6 is 0 Å². The van der Waals surface area contributed by atoms with Gasteiger partial charge in [-0.15, -0.1) is 0 Å². The first-order chi connectivity index (χ1) is 14.5. The van der Waals surface area contributed by atoms with E-state index in [4.69, 9.17) is 0 Å². The van der Waals surface area contributed by atoms with Crippen molar-refractivity contribution in [2.45, 2.75) is 0 Å². The Labute approximate surface area is 173 Å². The van der Waals surface area contributed by atoms with E-state index < -0.39 is 10.8 Å². The molecule has 6 rings (SSSR count). The molecule has 4 bridgehead atoms. The van der Waals surface area contributed by atoms with Crippen LogP contribution in [0.5, 0.6) is 0 Å². The van der Waals surface area contributed by atoms with E-state index in [1.807, 2.05) is 30.3 Å². The molecule has 154 valence electrons. The van der Waals surface area contributed by atoms with Gasteiger partial charge in [0.05, 0.1) is 36.1 Å². The van der Waals surface area contributed by atoms with E-state index in [0.717, 1.165) is 50.9 Å². The normalized spacial score (nSPS) is 29.6. The van der Waals surface area contributed by atoms with Gasteiger partial charge in [0.2, 0.25) is 0 Å². The molecule has 4 aliphatic heterocycles.